The zero-order chi connectivity index (χ0) is 17.4. The molecule has 7 heteroatoms. The number of hydrogen-bond donors (Lipinski definition) is 1. The Balaban J connectivity index is 1.75. The summed E-state index contributed by atoms with van der Waals surface area (Å²) in [7, 11) is -1.01. The second-order valence-corrected chi connectivity index (χ2v) is 7.17. The topological polar surface area (TPSA) is 64.0 Å². The van der Waals surface area contributed by atoms with E-state index in [-0.39, 0.29) is 5.56 Å². The molecular formula is C18H14FN3O2S. The quantitative estimate of drug-likeness (QED) is 0.785. The summed E-state index contributed by atoms with van der Waals surface area (Å²) >= 11 is 0. The van der Waals surface area contributed by atoms with E-state index in [0.717, 1.165) is 16.9 Å². The number of amides is 1. The highest BCUT2D eigenvalue weighted by Gasteiger charge is 2.28. The van der Waals surface area contributed by atoms with E-state index in [0.29, 0.717) is 17.3 Å². The van der Waals surface area contributed by atoms with Crippen LogP contribution in [0.15, 0.2) is 54.6 Å². The Bertz CT molecular complexity index is 985. The van der Waals surface area contributed by atoms with Crippen molar-refractivity contribution < 1.29 is 13.4 Å². The lowest BCUT2D eigenvalue weighted by molar-refractivity contribution is 0.102. The number of nitrogens with one attached hydrogen (secondary N) is 1. The molecule has 4 rings (SSSR count). The Morgan fingerprint density at radius 3 is 2.68 bits per heavy atom. The van der Waals surface area contributed by atoms with Gasteiger partial charge in [0.05, 0.1) is 22.9 Å². The minimum Gasteiger partial charge on any atom is -0.306 e. The Hall–Kier alpha value is -2.80. The maximum atomic E-state index is 13.4. The molecule has 126 valence electrons. The highest BCUT2D eigenvalue weighted by atomic mass is 32.2. The van der Waals surface area contributed by atoms with Gasteiger partial charge >= 0.3 is 0 Å². The largest absolute Gasteiger partial charge is 0.306 e. The number of aromatic nitrogens is 2. The molecule has 2 aromatic carbocycles. The van der Waals surface area contributed by atoms with Gasteiger partial charge in [-0.2, -0.15) is 5.10 Å². The van der Waals surface area contributed by atoms with Crippen LogP contribution in [0.5, 0.6) is 0 Å². The van der Waals surface area contributed by atoms with Crippen LogP contribution in [0.4, 0.5) is 10.2 Å². The normalized spacial score (nSPS) is 15.8. The maximum absolute atomic E-state index is 13.4. The van der Waals surface area contributed by atoms with Gasteiger partial charge in [-0.05, 0) is 30.3 Å². The lowest BCUT2D eigenvalue weighted by Gasteiger charge is -2.11. The van der Waals surface area contributed by atoms with Gasteiger partial charge in [-0.15, -0.1) is 0 Å². The monoisotopic (exact) mass is 355 g/mol. The Morgan fingerprint density at radius 2 is 1.92 bits per heavy atom. The van der Waals surface area contributed by atoms with Crippen LogP contribution in [0.2, 0.25) is 0 Å². The highest BCUT2D eigenvalue weighted by molar-refractivity contribution is 7.83. The molecule has 0 spiro atoms. The van der Waals surface area contributed by atoms with E-state index >= 15 is 0 Å². The van der Waals surface area contributed by atoms with Crippen LogP contribution in [0.1, 0.15) is 21.6 Å². The number of carbonyl (C=O) groups excluding carboxylic acids is 1. The number of para-hydroxylation sites is 1. The van der Waals surface area contributed by atoms with E-state index < -0.39 is 22.5 Å². The summed E-state index contributed by atoms with van der Waals surface area (Å²) < 4.78 is 26.9. The zero-order valence-corrected chi connectivity index (χ0v) is 13.9. The highest BCUT2D eigenvalue weighted by Crippen LogP contribution is 2.31. The molecule has 2 heterocycles. The number of anilines is 1. The summed E-state index contributed by atoms with van der Waals surface area (Å²) in [5.41, 5.74) is 2.49. The van der Waals surface area contributed by atoms with Crippen molar-refractivity contribution in [3.8, 4) is 5.69 Å². The van der Waals surface area contributed by atoms with Crippen molar-refractivity contribution in [3.63, 3.8) is 0 Å². The van der Waals surface area contributed by atoms with E-state index in [1.807, 2.05) is 30.3 Å². The summed E-state index contributed by atoms with van der Waals surface area (Å²) in [6.45, 7) is 0. The number of carbonyl (C=O) groups is 1. The molecule has 1 aromatic heterocycles. The van der Waals surface area contributed by atoms with Crippen molar-refractivity contribution in [3.05, 3.63) is 77.2 Å². The van der Waals surface area contributed by atoms with Crippen molar-refractivity contribution in [2.45, 2.75) is 11.5 Å². The van der Waals surface area contributed by atoms with Gasteiger partial charge < -0.3 is 5.32 Å². The summed E-state index contributed by atoms with van der Waals surface area (Å²) in [4.78, 5) is 12.5. The molecule has 0 fully saturated rings. The molecule has 0 bridgehead atoms. The van der Waals surface area contributed by atoms with Gasteiger partial charge in [0.2, 0.25) is 0 Å². The van der Waals surface area contributed by atoms with Gasteiger partial charge in [0.25, 0.3) is 5.91 Å². The SMILES string of the molecule is O=C(Nc1c2c(nn1-c1ccccc1)CS(=O)C2)c1cccc(F)c1. The molecule has 1 amide bonds. The van der Waals surface area contributed by atoms with E-state index in [2.05, 4.69) is 10.4 Å². The number of halogens is 1. The summed E-state index contributed by atoms with van der Waals surface area (Å²) in [5, 5.41) is 7.32. The summed E-state index contributed by atoms with van der Waals surface area (Å²) in [5.74, 6) is 0.299. The maximum Gasteiger partial charge on any atom is 0.256 e. The summed E-state index contributed by atoms with van der Waals surface area (Å²) in [6.07, 6.45) is 0. The molecule has 1 aliphatic rings. The van der Waals surface area contributed by atoms with Gasteiger partial charge in [0.1, 0.15) is 11.6 Å². The lowest BCUT2D eigenvalue weighted by atomic mass is 10.2. The van der Waals surface area contributed by atoms with Gasteiger partial charge in [0, 0.05) is 21.9 Å². The Morgan fingerprint density at radius 1 is 1.12 bits per heavy atom. The lowest BCUT2D eigenvalue weighted by Crippen LogP contribution is -2.16. The van der Waals surface area contributed by atoms with E-state index in [4.69, 9.17) is 0 Å². The Labute approximate surface area is 145 Å². The molecule has 1 unspecified atom stereocenters. The van der Waals surface area contributed by atoms with Crippen molar-refractivity contribution >= 4 is 22.5 Å². The van der Waals surface area contributed by atoms with Crippen LogP contribution in [-0.4, -0.2) is 19.9 Å². The van der Waals surface area contributed by atoms with Crippen molar-refractivity contribution in [1.29, 1.82) is 0 Å². The molecule has 0 saturated carbocycles. The zero-order valence-electron chi connectivity index (χ0n) is 13.1. The van der Waals surface area contributed by atoms with Crippen LogP contribution in [0, 0.1) is 5.82 Å². The van der Waals surface area contributed by atoms with Crippen molar-refractivity contribution in [1.82, 2.24) is 9.78 Å². The van der Waals surface area contributed by atoms with Gasteiger partial charge in [-0.25, -0.2) is 9.07 Å². The first kappa shape index (κ1) is 15.7. The smallest absolute Gasteiger partial charge is 0.256 e. The van der Waals surface area contributed by atoms with E-state index in [1.54, 1.807) is 10.7 Å². The van der Waals surface area contributed by atoms with Crippen LogP contribution in [0.25, 0.3) is 5.69 Å². The molecule has 3 aromatic rings. The van der Waals surface area contributed by atoms with E-state index in [1.165, 1.54) is 18.2 Å². The first-order valence-electron chi connectivity index (χ1n) is 7.70. The third-order valence-electron chi connectivity index (χ3n) is 3.99. The molecule has 5 nitrogen and oxygen atoms in total. The summed E-state index contributed by atoms with van der Waals surface area (Å²) in [6, 6.07) is 14.9. The average Bonchev–Trinajstić information content (AvgIpc) is 3.13. The third-order valence-corrected chi connectivity index (χ3v) is 5.20. The minimum absolute atomic E-state index is 0.216. The number of benzene rings is 2. The van der Waals surface area contributed by atoms with Crippen molar-refractivity contribution in [2.24, 2.45) is 0 Å². The van der Waals surface area contributed by atoms with Gasteiger partial charge in [-0.3, -0.25) is 9.00 Å². The number of fused-ring (bicyclic) bond motifs is 1. The number of hydrogen-bond acceptors (Lipinski definition) is 3. The van der Waals surface area contributed by atoms with Gasteiger partial charge in [0.15, 0.2) is 0 Å². The minimum atomic E-state index is -1.01. The van der Waals surface area contributed by atoms with Crippen LogP contribution in [-0.2, 0) is 22.3 Å². The molecule has 0 aliphatic carbocycles. The number of rotatable bonds is 3. The van der Waals surface area contributed by atoms with Crippen LogP contribution < -0.4 is 5.32 Å². The fourth-order valence-corrected chi connectivity index (χ4v) is 4.09. The number of nitrogens with zero attached hydrogens (tertiary/aromatic N) is 2. The van der Waals surface area contributed by atoms with Crippen molar-refractivity contribution in [2.75, 3.05) is 5.32 Å². The Kier molecular flexibility index (Phi) is 3.93. The fourth-order valence-electron chi connectivity index (χ4n) is 2.82. The first-order valence-corrected chi connectivity index (χ1v) is 9.19. The first-order chi connectivity index (χ1) is 12.1. The van der Waals surface area contributed by atoms with E-state index in [9.17, 15) is 13.4 Å². The van der Waals surface area contributed by atoms with Crippen LogP contribution >= 0.6 is 0 Å². The average molecular weight is 355 g/mol. The second kappa shape index (κ2) is 6.25. The fraction of sp³-hybridized carbons (Fsp3) is 0.111. The van der Waals surface area contributed by atoms with Gasteiger partial charge in [-0.1, -0.05) is 24.3 Å². The van der Waals surface area contributed by atoms with Crippen LogP contribution in [0.3, 0.4) is 0 Å². The molecule has 1 atom stereocenters. The molecule has 0 saturated heterocycles. The predicted octanol–water partition coefficient (Wildman–Crippen LogP) is 3.03. The molecular weight excluding hydrogens is 341 g/mol. The molecule has 0 radical (unpaired) electrons. The standard InChI is InChI=1S/C18H14FN3O2S/c19-13-6-4-5-12(9-13)18(23)20-17-15-10-25(24)11-16(15)21-22(17)14-7-2-1-3-8-14/h1-9H,10-11H2,(H,20,23). The predicted molar refractivity (Wildman–Crippen MR) is 93.5 cm³/mol. The molecule has 1 aliphatic heterocycles. The second-order valence-electron chi connectivity index (χ2n) is 5.71. The molecule has 25 heavy (non-hydrogen) atoms. The third kappa shape index (κ3) is 2.98. The molecule has 1 N–H and O–H groups in total.